The second-order valence-corrected chi connectivity index (χ2v) is 11.7. The van der Waals surface area contributed by atoms with Gasteiger partial charge in [0.05, 0.1) is 19.4 Å². The quantitative estimate of drug-likeness (QED) is 0.175. The third-order valence-corrected chi connectivity index (χ3v) is 8.22. The van der Waals surface area contributed by atoms with Crippen LogP contribution < -0.4 is 10.6 Å². The van der Waals surface area contributed by atoms with Crippen molar-refractivity contribution in [3.05, 3.63) is 133 Å². The molecule has 4 aromatic carbocycles. The lowest BCUT2D eigenvalue weighted by Gasteiger charge is -2.24. The molecule has 4 amide bonds. The van der Waals surface area contributed by atoms with Crippen molar-refractivity contribution in [3.8, 4) is 11.1 Å². The van der Waals surface area contributed by atoms with Crippen LogP contribution in [0.3, 0.4) is 0 Å². The summed E-state index contributed by atoms with van der Waals surface area (Å²) < 4.78 is 0. The van der Waals surface area contributed by atoms with Crippen LogP contribution in [-0.2, 0) is 32.0 Å². The normalized spacial score (nSPS) is 13.9. The highest BCUT2D eigenvalue weighted by Gasteiger charge is 2.34. The van der Waals surface area contributed by atoms with Gasteiger partial charge in [-0.1, -0.05) is 91.0 Å². The van der Waals surface area contributed by atoms with E-state index in [2.05, 4.69) is 17.2 Å². The van der Waals surface area contributed by atoms with E-state index in [0.717, 1.165) is 28.7 Å². The first-order chi connectivity index (χ1) is 22.9. The molecule has 8 nitrogen and oxygen atoms in total. The zero-order valence-electron chi connectivity index (χ0n) is 26.4. The molecular weight excluding hydrogens is 588 g/mol. The number of carbonyl (C=O) groups is 4. The van der Waals surface area contributed by atoms with E-state index in [1.165, 1.54) is 0 Å². The predicted molar refractivity (Wildman–Crippen MR) is 186 cm³/mol. The fraction of sp³-hybridized carbons (Fsp3) is 0.231. The number of amides is 4. The zero-order valence-corrected chi connectivity index (χ0v) is 26.4. The lowest BCUT2D eigenvalue weighted by atomic mass is 10.0. The summed E-state index contributed by atoms with van der Waals surface area (Å²) in [4.78, 5) is 55.1. The van der Waals surface area contributed by atoms with Crippen LogP contribution in [0.1, 0.15) is 30.4 Å². The van der Waals surface area contributed by atoms with Crippen LogP contribution in [0.15, 0.2) is 122 Å². The van der Waals surface area contributed by atoms with Crippen molar-refractivity contribution in [3.63, 3.8) is 0 Å². The van der Waals surface area contributed by atoms with Crippen LogP contribution in [0.4, 0.5) is 11.4 Å². The number of hydrogen-bond acceptors (Lipinski definition) is 4. The van der Waals surface area contributed by atoms with E-state index in [4.69, 9.17) is 0 Å². The molecule has 47 heavy (non-hydrogen) atoms. The first kappa shape index (κ1) is 32.9. The van der Waals surface area contributed by atoms with Crippen molar-refractivity contribution in [2.24, 2.45) is 0 Å². The van der Waals surface area contributed by atoms with Gasteiger partial charge in [0.25, 0.3) is 0 Å². The summed E-state index contributed by atoms with van der Waals surface area (Å²) in [6.07, 6.45) is 4.29. The third-order valence-electron chi connectivity index (χ3n) is 8.22. The molecule has 1 fully saturated rings. The van der Waals surface area contributed by atoms with Gasteiger partial charge in [-0.05, 0) is 65.8 Å². The summed E-state index contributed by atoms with van der Waals surface area (Å²) >= 11 is 0. The van der Waals surface area contributed by atoms with Gasteiger partial charge >= 0.3 is 0 Å². The molecule has 1 heterocycles. The Morgan fingerprint density at radius 2 is 1.30 bits per heavy atom. The van der Waals surface area contributed by atoms with E-state index in [0.29, 0.717) is 37.3 Å². The monoisotopic (exact) mass is 628 g/mol. The number of nitrogens with zero attached hydrogens (tertiary/aromatic N) is 2. The maximum absolute atomic E-state index is 13.1. The molecule has 0 bridgehead atoms. The SMILES string of the molecule is C=CCCN(CC(=O)Nc1ccc(-c2ccc(NC(=O)[C@@H]3CCCN3C(=O)Cc3ccccc3)cc2)cc1)C(=O)Cc1ccccc1. The number of rotatable bonds is 13. The van der Waals surface area contributed by atoms with Crippen LogP contribution in [0, 0.1) is 0 Å². The van der Waals surface area contributed by atoms with Gasteiger partial charge in [0.1, 0.15) is 6.04 Å². The molecule has 1 atom stereocenters. The molecular formula is C39H40N4O4. The molecule has 1 aliphatic heterocycles. The highest BCUT2D eigenvalue weighted by Crippen LogP contribution is 2.25. The number of hydrogen-bond donors (Lipinski definition) is 2. The minimum absolute atomic E-state index is 0.0367. The minimum atomic E-state index is -0.482. The fourth-order valence-electron chi connectivity index (χ4n) is 5.72. The van der Waals surface area contributed by atoms with Gasteiger partial charge in [-0.3, -0.25) is 19.2 Å². The summed E-state index contributed by atoms with van der Waals surface area (Å²) in [6.45, 7) is 4.69. The molecule has 4 aromatic rings. The smallest absolute Gasteiger partial charge is 0.247 e. The summed E-state index contributed by atoms with van der Waals surface area (Å²) in [5, 5.41) is 5.87. The topological polar surface area (TPSA) is 98.8 Å². The van der Waals surface area contributed by atoms with E-state index < -0.39 is 6.04 Å². The van der Waals surface area contributed by atoms with Gasteiger partial charge in [-0.25, -0.2) is 0 Å². The average Bonchev–Trinajstić information content (AvgIpc) is 3.59. The first-order valence-electron chi connectivity index (χ1n) is 16.0. The largest absolute Gasteiger partial charge is 0.333 e. The maximum atomic E-state index is 13.1. The lowest BCUT2D eigenvalue weighted by molar-refractivity contribution is -0.136. The standard InChI is InChI=1S/C39H40N4O4/c1-2-3-24-42(37(45)26-29-11-6-4-7-12-29)28-36(44)40-33-20-16-31(17-21-33)32-18-22-34(23-19-32)41-39(47)35-15-10-25-43(35)38(46)27-30-13-8-5-9-14-30/h2,4-9,11-14,16-23,35H,1,3,10,15,24-28H2,(H,40,44)(H,41,47)/t35-/m0/s1. The van der Waals surface area contributed by atoms with Crippen molar-refractivity contribution < 1.29 is 19.2 Å². The van der Waals surface area contributed by atoms with Crippen molar-refractivity contribution >= 4 is 35.0 Å². The third kappa shape index (κ3) is 9.26. The molecule has 5 rings (SSSR count). The van der Waals surface area contributed by atoms with E-state index in [-0.39, 0.29) is 43.0 Å². The van der Waals surface area contributed by atoms with Crippen LogP contribution in [0.2, 0.25) is 0 Å². The summed E-state index contributed by atoms with van der Waals surface area (Å²) in [5.41, 5.74) is 5.02. The Balaban J connectivity index is 1.13. The number of anilines is 2. The van der Waals surface area contributed by atoms with Gasteiger partial charge in [0.2, 0.25) is 23.6 Å². The molecule has 0 radical (unpaired) electrons. The van der Waals surface area contributed by atoms with Gasteiger partial charge < -0.3 is 20.4 Å². The Labute approximate surface area is 276 Å². The molecule has 0 aromatic heterocycles. The van der Waals surface area contributed by atoms with E-state index in [9.17, 15) is 19.2 Å². The average molecular weight is 629 g/mol. The number of benzene rings is 4. The zero-order chi connectivity index (χ0) is 33.0. The van der Waals surface area contributed by atoms with E-state index in [1.54, 1.807) is 15.9 Å². The Hall–Kier alpha value is -5.50. The molecule has 240 valence electrons. The van der Waals surface area contributed by atoms with Crippen LogP contribution in [0.25, 0.3) is 11.1 Å². The number of carbonyl (C=O) groups excluding carboxylic acids is 4. The number of nitrogens with one attached hydrogen (secondary N) is 2. The van der Waals surface area contributed by atoms with E-state index >= 15 is 0 Å². The van der Waals surface area contributed by atoms with Gasteiger partial charge in [0, 0.05) is 24.5 Å². The van der Waals surface area contributed by atoms with Crippen molar-refractivity contribution in [2.45, 2.75) is 38.1 Å². The molecule has 1 saturated heterocycles. The second kappa shape index (κ2) is 16.2. The molecule has 1 aliphatic rings. The fourth-order valence-corrected chi connectivity index (χ4v) is 5.72. The van der Waals surface area contributed by atoms with Gasteiger partial charge in [0.15, 0.2) is 0 Å². The van der Waals surface area contributed by atoms with Crippen LogP contribution in [0.5, 0.6) is 0 Å². The predicted octanol–water partition coefficient (Wildman–Crippen LogP) is 6.11. The Morgan fingerprint density at radius 3 is 1.87 bits per heavy atom. The highest BCUT2D eigenvalue weighted by molar-refractivity contribution is 5.98. The summed E-state index contributed by atoms with van der Waals surface area (Å²) in [5.74, 6) is -0.599. The van der Waals surface area contributed by atoms with Crippen molar-refractivity contribution in [1.29, 1.82) is 0 Å². The van der Waals surface area contributed by atoms with E-state index in [1.807, 2.05) is 109 Å². The minimum Gasteiger partial charge on any atom is -0.333 e. The summed E-state index contributed by atoms with van der Waals surface area (Å²) in [6, 6.07) is 33.6. The molecule has 0 aliphatic carbocycles. The highest BCUT2D eigenvalue weighted by atomic mass is 16.2. The second-order valence-electron chi connectivity index (χ2n) is 11.7. The molecule has 0 unspecified atom stereocenters. The lowest BCUT2D eigenvalue weighted by Crippen LogP contribution is -2.43. The Bertz CT molecular complexity index is 1670. The Morgan fingerprint density at radius 1 is 0.745 bits per heavy atom. The van der Waals surface area contributed by atoms with Crippen molar-refractivity contribution in [2.75, 3.05) is 30.3 Å². The van der Waals surface area contributed by atoms with Gasteiger partial charge in [-0.15, -0.1) is 6.58 Å². The van der Waals surface area contributed by atoms with Crippen molar-refractivity contribution in [1.82, 2.24) is 9.80 Å². The molecule has 8 heteroatoms. The van der Waals surface area contributed by atoms with Gasteiger partial charge in [-0.2, -0.15) is 0 Å². The molecule has 0 spiro atoms. The van der Waals surface area contributed by atoms with Crippen LogP contribution >= 0.6 is 0 Å². The summed E-state index contributed by atoms with van der Waals surface area (Å²) in [7, 11) is 0. The maximum Gasteiger partial charge on any atom is 0.247 e. The molecule has 2 N–H and O–H groups in total. The Kier molecular flexibility index (Phi) is 11.3. The first-order valence-corrected chi connectivity index (χ1v) is 16.0. The molecule has 0 saturated carbocycles. The number of likely N-dealkylation sites (tertiary alicyclic amines) is 1. The van der Waals surface area contributed by atoms with Crippen LogP contribution in [-0.4, -0.2) is 59.1 Å².